The van der Waals surface area contributed by atoms with Crippen LogP contribution in [0.2, 0.25) is 0 Å². The summed E-state index contributed by atoms with van der Waals surface area (Å²) >= 11 is 0. The van der Waals surface area contributed by atoms with Crippen molar-refractivity contribution in [3.05, 3.63) is 0 Å². The highest BCUT2D eigenvalue weighted by Gasteiger charge is 2.37. The second-order valence-corrected chi connectivity index (χ2v) is 2.96. The molecule has 3 nitrogen and oxygen atoms in total. The number of carbonyl (C=O) groups is 2. The molecule has 12 heavy (non-hydrogen) atoms. The molecule has 0 aliphatic rings. The SMILES string of the molecule is CCOC(=O)C(C)(CC)C(C)=O. The van der Waals surface area contributed by atoms with E-state index in [1.54, 1.807) is 20.8 Å². The predicted octanol–water partition coefficient (Wildman–Crippen LogP) is 1.55. The molecule has 0 aliphatic heterocycles. The van der Waals surface area contributed by atoms with E-state index < -0.39 is 11.4 Å². The molecule has 0 aromatic heterocycles. The van der Waals surface area contributed by atoms with Crippen LogP contribution in [-0.2, 0) is 14.3 Å². The van der Waals surface area contributed by atoms with E-state index in [1.165, 1.54) is 6.92 Å². The van der Waals surface area contributed by atoms with E-state index in [2.05, 4.69) is 0 Å². The van der Waals surface area contributed by atoms with Crippen LogP contribution in [0.1, 0.15) is 34.1 Å². The molecule has 0 aliphatic carbocycles. The Morgan fingerprint density at radius 2 is 1.83 bits per heavy atom. The van der Waals surface area contributed by atoms with E-state index in [4.69, 9.17) is 4.74 Å². The number of hydrogen-bond acceptors (Lipinski definition) is 3. The molecule has 0 bridgehead atoms. The lowest BCUT2D eigenvalue weighted by Crippen LogP contribution is -2.35. The van der Waals surface area contributed by atoms with Crippen molar-refractivity contribution in [1.82, 2.24) is 0 Å². The van der Waals surface area contributed by atoms with Gasteiger partial charge in [0.05, 0.1) is 6.61 Å². The van der Waals surface area contributed by atoms with E-state index in [1.807, 2.05) is 0 Å². The first-order chi connectivity index (χ1) is 5.49. The van der Waals surface area contributed by atoms with Gasteiger partial charge in [0.2, 0.25) is 0 Å². The molecule has 70 valence electrons. The molecule has 3 heteroatoms. The fourth-order valence-electron chi connectivity index (χ4n) is 0.827. The highest BCUT2D eigenvalue weighted by atomic mass is 16.5. The van der Waals surface area contributed by atoms with Crippen molar-refractivity contribution >= 4 is 11.8 Å². The summed E-state index contributed by atoms with van der Waals surface area (Å²) in [7, 11) is 0. The molecule has 0 aromatic carbocycles. The number of rotatable bonds is 4. The maximum Gasteiger partial charge on any atom is 0.319 e. The second kappa shape index (κ2) is 4.24. The molecule has 0 amide bonds. The van der Waals surface area contributed by atoms with Gasteiger partial charge in [0, 0.05) is 0 Å². The summed E-state index contributed by atoms with van der Waals surface area (Å²) in [5.74, 6) is -0.552. The van der Waals surface area contributed by atoms with Crippen LogP contribution >= 0.6 is 0 Å². The standard InChI is InChI=1S/C9H16O3/c1-5-9(4,7(3)10)8(11)12-6-2/h5-6H2,1-4H3. The quantitative estimate of drug-likeness (QED) is 0.477. The molecular formula is C9H16O3. The summed E-state index contributed by atoms with van der Waals surface area (Å²) in [5, 5.41) is 0. The summed E-state index contributed by atoms with van der Waals surface area (Å²) in [6.45, 7) is 6.89. The van der Waals surface area contributed by atoms with Gasteiger partial charge in [-0.05, 0) is 27.2 Å². The summed E-state index contributed by atoms with van der Waals surface area (Å²) in [4.78, 5) is 22.4. The van der Waals surface area contributed by atoms with Crippen LogP contribution in [0.5, 0.6) is 0 Å². The molecule has 0 fully saturated rings. The van der Waals surface area contributed by atoms with Crippen molar-refractivity contribution in [2.45, 2.75) is 34.1 Å². The van der Waals surface area contributed by atoms with Gasteiger partial charge in [-0.15, -0.1) is 0 Å². The molecule has 0 aromatic rings. The van der Waals surface area contributed by atoms with E-state index in [0.717, 1.165) is 0 Å². The molecule has 1 atom stereocenters. The molecule has 0 rings (SSSR count). The first-order valence-corrected chi connectivity index (χ1v) is 4.17. The minimum absolute atomic E-state index is 0.136. The minimum atomic E-state index is -0.948. The number of ether oxygens (including phenoxy) is 1. The molecule has 0 saturated heterocycles. The molecule has 0 N–H and O–H groups in total. The zero-order valence-electron chi connectivity index (χ0n) is 8.14. The van der Waals surface area contributed by atoms with Crippen molar-refractivity contribution in [3.8, 4) is 0 Å². The molecule has 1 unspecified atom stereocenters. The van der Waals surface area contributed by atoms with Crippen LogP contribution in [0.25, 0.3) is 0 Å². The predicted molar refractivity (Wildman–Crippen MR) is 45.7 cm³/mol. The van der Waals surface area contributed by atoms with Gasteiger partial charge in [0.25, 0.3) is 0 Å². The van der Waals surface area contributed by atoms with Crippen LogP contribution in [0.15, 0.2) is 0 Å². The third-order valence-electron chi connectivity index (χ3n) is 2.21. The van der Waals surface area contributed by atoms with Crippen LogP contribution < -0.4 is 0 Å². The molecule has 0 spiro atoms. The van der Waals surface area contributed by atoms with Crippen LogP contribution in [0, 0.1) is 5.41 Å². The number of Topliss-reactive ketones (excluding diaryl/α,β-unsaturated/α-hetero) is 1. The summed E-state index contributed by atoms with van der Waals surface area (Å²) in [6.07, 6.45) is 0.487. The molecule has 0 radical (unpaired) electrons. The Hall–Kier alpha value is -0.860. The normalized spacial score (nSPS) is 15.0. The van der Waals surface area contributed by atoms with Gasteiger partial charge in [-0.25, -0.2) is 0 Å². The van der Waals surface area contributed by atoms with Crippen molar-refractivity contribution < 1.29 is 14.3 Å². The molecule has 0 saturated carbocycles. The largest absolute Gasteiger partial charge is 0.465 e. The highest BCUT2D eigenvalue weighted by Crippen LogP contribution is 2.23. The fraction of sp³-hybridized carbons (Fsp3) is 0.778. The third kappa shape index (κ3) is 2.06. The third-order valence-corrected chi connectivity index (χ3v) is 2.21. The number of ketones is 1. The lowest BCUT2D eigenvalue weighted by atomic mass is 9.84. The maximum atomic E-state index is 11.3. The van der Waals surface area contributed by atoms with Gasteiger partial charge >= 0.3 is 5.97 Å². The highest BCUT2D eigenvalue weighted by molar-refractivity contribution is 6.02. The Morgan fingerprint density at radius 3 is 2.08 bits per heavy atom. The average molecular weight is 172 g/mol. The van der Waals surface area contributed by atoms with Gasteiger partial charge in [0.1, 0.15) is 11.2 Å². The van der Waals surface area contributed by atoms with Gasteiger partial charge in [0.15, 0.2) is 0 Å². The number of carbonyl (C=O) groups excluding carboxylic acids is 2. The zero-order chi connectivity index (χ0) is 9.78. The van der Waals surface area contributed by atoms with Gasteiger partial charge in [-0.2, -0.15) is 0 Å². The van der Waals surface area contributed by atoms with Crippen LogP contribution in [0.4, 0.5) is 0 Å². The van der Waals surface area contributed by atoms with Crippen molar-refractivity contribution in [2.75, 3.05) is 6.61 Å². The fourth-order valence-corrected chi connectivity index (χ4v) is 0.827. The first-order valence-electron chi connectivity index (χ1n) is 4.17. The topological polar surface area (TPSA) is 43.4 Å². The Labute approximate surface area is 73.1 Å². The minimum Gasteiger partial charge on any atom is -0.465 e. The smallest absolute Gasteiger partial charge is 0.319 e. The number of esters is 1. The summed E-state index contributed by atoms with van der Waals surface area (Å²) in [5.41, 5.74) is -0.948. The Kier molecular flexibility index (Phi) is 3.93. The van der Waals surface area contributed by atoms with Crippen molar-refractivity contribution in [1.29, 1.82) is 0 Å². The lowest BCUT2D eigenvalue weighted by molar-refractivity contribution is -0.158. The van der Waals surface area contributed by atoms with Crippen LogP contribution in [0.3, 0.4) is 0 Å². The number of hydrogen-bond donors (Lipinski definition) is 0. The second-order valence-electron chi connectivity index (χ2n) is 2.96. The first kappa shape index (κ1) is 11.1. The summed E-state index contributed by atoms with van der Waals surface area (Å²) in [6, 6.07) is 0. The average Bonchev–Trinajstić information content (AvgIpc) is 2.03. The van der Waals surface area contributed by atoms with Gasteiger partial charge < -0.3 is 4.74 Å². The summed E-state index contributed by atoms with van der Waals surface area (Å²) < 4.78 is 4.80. The van der Waals surface area contributed by atoms with E-state index in [9.17, 15) is 9.59 Å². The van der Waals surface area contributed by atoms with Gasteiger partial charge in [-0.1, -0.05) is 6.92 Å². The Balaban J connectivity index is 4.52. The Bertz CT molecular complexity index is 186. The zero-order valence-corrected chi connectivity index (χ0v) is 8.14. The van der Waals surface area contributed by atoms with Crippen molar-refractivity contribution in [3.63, 3.8) is 0 Å². The maximum absolute atomic E-state index is 11.3. The molecule has 0 heterocycles. The molecular weight excluding hydrogens is 156 g/mol. The van der Waals surface area contributed by atoms with Gasteiger partial charge in [-0.3, -0.25) is 9.59 Å². The lowest BCUT2D eigenvalue weighted by Gasteiger charge is -2.21. The van der Waals surface area contributed by atoms with E-state index in [0.29, 0.717) is 13.0 Å². The Morgan fingerprint density at radius 1 is 1.33 bits per heavy atom. The van der Waals surface area contributed by atoms with Crippen LogP contribution in [-0.4, -0.2) is 18.4 Å². The van der Waals surface area contributed by atoms with E-state index in [-0.39, 0.29) is 5.78 Å². The van der Waals surface area contributed by atoms with Crippen molar-refractivity contribution in [2.24, 2.45) is 5.41 Å². The van der Waals surface area contributed by atoms with E-state index >= 15 is 0 Å². The monoisotopic (exact) mass is 172 g/mol.